The van der Waals surface area contributed by atoms with E-state index in [1.165, 1.54) is 36.8 Å². The van der Waals surface area contributed by atoms with Crippen molar-refractivity contribution in [2.24, 2.45) is 11.7 Å². The van der Waals surface area contributed by atoms with Crippen molar-refractivity contribution in [1.29, 1.82) is 0 Å². The van der Waals surface area contributed by atoms with E-state index in [1.807, 2.05) is 0 Å². The Kier molecular flexibility index (Phi) is 4.79. The summed E-state index contributed by atoms with van der Waals surface area (Å²) in [6, 6.07) is 6.95. The summed E-state index contributed by atoms with van der Waals surface area (Å²) in [4.78, 5) is 0. The minimum absolute atomic E-state index is 0.200. The maximum atomic E-state index is 9.23. The number of aryl methyl sites for hydroxylation is 2. The van der Waals surface area contributed by atoms with Crippen LogP contribution in [0.1, 0.15) is 48.8 Å². The zero-order chi connectivity index (χ0) is 13.0. The lowest BCUT2D eigenvalue weighted by Crippen LogP contribution is -2.20. The van der Waals surface area contributed by atoms with Gasteiger partial charge in [0, 0.05) is 6.61 Å². The van der Waals surface area contributed by atoms with E-state index >= 15 is 0 Å². The fraction of sp³-hybridized carbons (Fsp3) is 0.625. The quantitative estimate of drug-likeness (QED) is 0.840. The molecule has 1 aromatic rings. The highest BCUT2D eigenvalue weighted by molar-refractivity contribution is 5.35. The molecule has 0 saturated heterocycles. The summed E-state index contributed by atoms with van der Waals surface area (Å²) in [6.07, 6.45) is 6.11. The average molecular weight is 247 g/mol. The zero-order valence-electron chi connectivity index (χ0n) is 11.4. The van der Waals surface area contributed by atoms with Gasteiger partial charge in [-0.05, 0) is 67.2 Å². The fourth-order valence-corrected chi connectivity index (χ4v) is 2.94. The molecule has 2 unspecified atom stereocenters. The second kappa shape index (κ2) is 6.35. The summed E-state index contributed by atoms with van der Waals surface area (Å²) in [5.74, 6) is 0.717. The van der Waals surface area contributed by atoms with E-state index in [9.17, 15) is 5.11 Å². The Morgan fingerprint density at radius 1 is 1.22 bits per heavy atom. The summed E-state index contributed by atoms with van der Waals surface area (Å²) < 4.78 is 0. The fourth-order valence-electron chi connectivity index (χ4n) is 2.94. The highest BCUT2D eigenvalue weighted by Crippen LogP contribution is 2.28. The van der Waals surface area contributed by atoms with Crippen LogP contribution in [0.25, 0.3) is 0 Å². The molecule has 2 atom stereocenters. The first-order chi connectivity index (χ1) is 8.74. The lowest BCUT2D eigenvalue weighted by atomic mass is 9.85. The topological polar surface area (TPSA) is 46.2 Å². The maximum Gasteiger partial charge on any atom is 0.0471 e. The summed E-state index contributed by atoms with van der Waals surface area (Å²) >= 11 is 0. The zero-order valence-corrected chi connectivity index (χ0v) is 11.4. The van der Waals surface area contributed by atoms with Crippen molar-refractivity contribution in [2.75, 3.05) is 13.2 Å². The third kappa shape index (κ3) is 3.12. The summed E-state index contributed by atoms with van der Waals surface area (Å²) in [5.41, 5.74) is 10.1. The Balaban J connectivity index is 2.08. The van der Waals surface area contributed by atoms with Gasteiger partial charge >= 0.3 is 0 Å². The second-order valence-electron chi connectivity index (χ2n) is 5.66. The van der Waals surface area contributed by atoms with Gasteiger partial charge in [0.2, 0.25) is 0 Å². The highest BCUT2D eigenvalue weighted by atomic mass is 16.3. The molecule has 0 aliphatic heterocycles. The van der Waals surface area contributed by atoms with E-state index in [1.54, 1.807) is 5.56 Å². The van der Waals surface area contributed by atoms with E-state index in [2.05, 4.69) is 25.1 Å². The Morgan fingerprint density at radius 3 is 2.61 bits per heavy atom. The number of hydrogen-bond acceptors (Lipinski definition) is 2. The molecule has 0 saturated carbocycles. The van der Waals surface area contributed by atoms with Crippen molar-refractivity contribution in [3.05, 3.63) is 34.9 Å². The summed E-state index contributed by atoms with van der Waals surface area (Å²) in [5, 5.41) is 9.23. The van der Waals surface area contributed by atoms with E-state index in [4.69, 9.17) is 5.73 Å². The van der Waals surface area contributed by atoms with Gasteiger partial charge in [-0.3, -0.25) is 0 Å². The number of benzene rings is 1. The first-order valence-electron chi connectivity index (χ1n) is 7.17. The molecule has 1 aliphatic rings. The molecule has 0 aromatic heterocycles. The molecule has 2 rings (SSSR count). The molecule has 0 amide bonds. The number of nitrogens with two attached hydrogens (primary N) is 1. The molecule has 18 heavy (non-hydrogen) atoms. The molecule has 0 heterocycles. The molecule has 0 fully saturated rings. The number of fused-ring (bicyclic) bond motifs is 1. The third-order valence-electron chi connectivity index (χ3n) is 4.22. The van der Waals surface area contributed by atoms with Gasteiger partial charge in [0.25, 0.3) is 0 Å². The van der Waals surface area contributed by atoms with Gasteiger partial charge in [-0.2, -0.15) is 0 Å². The van der Waals surface area contributed by atoms with Gasteiger partial charge in [0.15, 0.2) is 0 Å². The first kappa shape index (κ1) is 13.6. The summed E-state index contributed by atoms with van der Waals surface area (Å²) in [6.45, 7) is 3.01. The molecule has 1 aromatic carbocycles. The van der Waals surface area contributed by atoms with Crippen LogP contribution in [0.4, 0.5) is 0 Å². The van der Waals surface area contributed by atoms with Gasteiger partial charge < -0.3 is 10.8 Å². The van der Waals surface area contributed by atoms with Crippen LogP contribution in [-0.4, -0.2) is 18.3 Å². The van der Waals surface area contributed by atoms with Crippen LogP contribution < -0.4 is 5.73 Å². The lowest BCUT2D eigenvalue weighted by molar-refractivity contribution is 0.217. The molecular formula is C16H25NO. The first-order valence-corrected chi connectivity index (χ1v) is 7.17. The summed E-state index contributed by atoms with van der Waals surface area (Å²) in [7, 11) is 0. The van der Waals surface area contributed by atoms with Crippen LogP contribution >= 0.6 is 0 Å². The Bertz CT molecular complexity index is 385. The van der Waals surface area contributed by atoms with Crippen molar-refractivity contribution in [3.8, 4) is 0 Å². The van der Waals surface area contributed by atoms with Crippen molar-refractivity contribution < 1.29 is 5.11 Å². The van der Waals surface area contributed by atoms with Gasteiger partial charge in [-0.1, -0.05) is 25.1 Å². The maximum absolute atomic E-state index is 9.23. The molecular weight excluding hydrogens is 222 g/mol. The molecule has 0 bridgehead atoms. The van der Waals surface area contributed by atoms with Crippen LogP contribution in [0.2, 0.25) is 0 Å². The van der Waals surface area contributed by atoms with Crippen LogP contribution in [0, 0.1) is 5.92 Å². The van der Waals surface area contributed by atoms with Gasteiger partial charge in [-0.15, -0.1) is 0 Å². The monoisotopic (exact) mass is 247 g/mol. The molecule has 0 spiro atoms. The Labute approximate surface area is 110 Å². The molecule has 3 N–H and O–H groups in total. The van der Waals surface area contributed by atoms with E-state index in [0.29, 0.717) is 12.5 Å². The van der Waals surface area contributed by atoms with Crippen LogP contribution in [0.15, 0.2) is 18.2 Å². The number of rotatable bonds is 5. The Hall–Kier alpha value is -0.860. The van der Waals surface area contributed by atoms with E-state index < -0.39 is 0 Å². The predicted molar refractivity (Wildman–Crippen MR) is 75.7 cm³/mol. The molecule has 2 heteroatoms. The minimum atomic E-state index is 0.200. The lowest BCUT2D eigenvalue weighted by Gasteiger charge is -2.21. The molecule has 2 nitrogen and oxygen atoms in total. The van der Waals surface area contributed by atoms with Crippen molar-refractivity contribution in [2.45, 2.75) is 44.9 Å². The van der Waals surface area contributed by atoms with Gasteiger partial charge in [0.1, 0.15) is 0 Å². The predicted octanol–water partition coefficient (Wildman–Crippen LogP) is 2.63. The second-order valence-corrected chi connectivity index (χ2v) is 5.66. The standard InChI is InChI=1S/C16H25NO/c1-12(8-13(10-17)11-18)15-7-6-14-4-2-3-5-16(14)9-15/h6-7,9,12-13,18H,2-5,8,10-11,17H2,1H3. The molecule has 1 aliphatic carbocycles. The normalized spacial score (nSPS) is 18.2. The Morgan fingerprint density at radius 2 is 1.94 bits per heavy atom. The van der Waals surface area contributed by atoms with E-state index in [-0.39, 0.29) is 12.5 Å². The SMILES string of the molecule is CC(CC(CN)CO)c1ccc2c(c1)CCCC2. The average Bonchev–Trinajstić information content (AvgIpc) is 2.44. The number of aliphatic hydroxyl groups excluding tert-OH is 1. The third-order valence-corrected chi connectivity index (χ3v) is 4.22. The number of hydrogen-bond donors (Lipinski definition) is 2. The largest absolute Gasteiger partial charge is 0.396 e. The molecule has 100 valence electrons. The van der Waals surface area contributed by atoms with E-state index in [0.717, 1.165) is 6.42 Å². The van der Waals surface area contributed by atoms with Crippen LogP contribution in [0.5, 0.6) is 0 Å². The van der Waals surface area contributed by atoms with Gasteiger partial charge in [0.05, 0.1) is 0 Å². The van der Waals surface area contributed by atoms with Crippen molar-refractivity contribution in [1.82, 2.24) is 0 Å². The highest BCUT2D eigenvalue weighted by Gasteiger charge is 2.15. The minimum Gasteiger partial charge on any atom is -0.396 e. The smallest absolute Gasteiger partial charge is 0.0471 e. The van der Waals surface area contributed by atoms with Crippen LogP contribution in [0.3, 0.4) is 0 Å². The van der Waals surface area contributed by atoms with Gasteiger partial charge in [-0.25, -0.2) is 0 Å². The van der Waals surface area contributed by atoms with Crippen LogP contribution in [-0.2, 0) is 12.8 Å². The van der Waals surface area contributed by atoms with Crippen molar-refractivity contribution in [3.63, 3.8) is 0 Å². The van der Waals surface area contributed by atoms with Crippen molar-refractivity contribution >= 4 is 0 Å². The number of aliphatic hydroxyl groups is 1. The molecule has 0 radical (unpaired) electrons.